The number of alkyl halides is 3. The normalized spacial score (nSPS) is 11.6. The second-order valence-electron chi connectivity index (χ2n) is 3.52. The lowest BCUT2D eigenvalue weighted by atomic mass is 10.3. The van der Waals surface area contributed by atoms with Crippen LogP contribution in [0.2, 0.25) is 0 Å². The highest BCUT2D eigenvalue weighted by Crippen LogP contribution is 2.29. The minimum Gasteiger partial charge on any atom is -0.450 e. The van der Waals surface area contributed by atoms with Gasteiger partial charge in [-0.1, -0.05) is 0 Å². The Labute approximate surface area is 105 Å². The van der Waals surface area contributed by atoms with Crippen molar-refractivity contribution in [3.8, 4) is 0 Å². The van der Waals surface area contributed by atoms with Gasteiger partial charge >= 0.3 is 12.3 Å². The summed E-state index contributed by atoms with van der Waals surface area (Å²) in [6.45, 7) is 1.80. The van der Waals surface area contributed by atoms with Gasteiger partial charge in [0.15, 0.2) is 11.5 Å². The number of hydrogen-bond acceptors (Lipinski definition) is 4. The number of carbonyl (C=O) groups excluding carboxylic acids is 1. The van der Waals surface area contributed by atoms with Crippen LogP contribution < -0.4 is 5.32 Å². The summed E-state index contributed by atoms with van der Waals surface area (Å²) in [5.41, 5.74) is -0.935. The molecule has 9 heteroatoms. The first-order valence-corrected chi connectivity index (χ1v) is 5.26. The van der Waals surface area contributed by atoms with Gasteiger partial charge in [-0.15, -0.1) is 0 Å². The van der Waals surface area contributed by atoms with Crippen molar-refractivity contribution in [2.24, 2.45) is 0 Å². The molecule has 0 saturated carbocycles. The average molecular weight is 274 g/mol. The molecule has 1 amide bonds. The van der Waals surface area contributed by atoms with E-state index in [1.165, 1.54) is 6.20 Å². The Morgan fingerprint density at radius 1 is 1.53 bits per heavy atom. The molecular formula is C10H9F3N4O2. The topological polar surface area (TPSA) is 68.5 Å². The largest absolute Gasteiger partial charge is 0.450 e. The Kier molecular flexibility index (Phi) is 3.28. The number of aromatic nitrogens is 3. The van der Waals surface area contributed by atoms with E-state index < -0.39 is 17.8 Å². The summed E-state index contributed by atoms with van der Waals surface area (Å²) in [5, 5.41) is 5.84. The second kappa shape index (κ2) is 4.75. The zero-order valence-electron chi connectivity index (χ0n) is 9.73. The van der Waals surface area contributed by atoms with Gasteiger partial charge in [-0.3, -0.25) is 5.32 Å². The van der Waals surface area contributed by atoms with Crippen molar-refractivity contribution < 1.29 is 22.7 Å². The lowest BCUT2D eigenvalue weighted by Crippen LogP contribution is -2.13. The first kappa shape index (κ1) is 13.1. The third-order valence-corrected chi connectivity index (χ3v) is 2.15. The quantitative estimate of drug-likeness (QED) is 0.912. The van der Waals surface area contributed by atoms with Crippen LogP contribution in [0.3, 0.4) is 0 Å². The molecule has 0 atom stereocenters. The van der Waals surface area contributed by atoms with Gasteiger partial charge < -0.3 is 4.74 Å². The molecule has 0 radical (unpaired) electrons. The van der Waals surface area contributed by atoms with Crippen molar-refractivity contribution in [2.45, 2.75) is 13.1 Å². The van der Waals surface area contributed by atoms with Crippen molar-refractivity contribution in [3.63, 3.8) is 0 Å². The fourth-order valence-corrected chi connectivity index (χ4v) is 1.36. The third kappa shape index (κ3) is 2.92. The molecule has 0 bridgehead atoms. The number of carbonyl (C=O) groups is 1. The lowest BCUT2D eigenvalue weighted by Gasteiger charge is -2.04. The van der Waals surface area contributed by atoms with Crippen molar-refractivity contribution in [1.82, 2.24) is 14.6 Å². The molecule has 2 aromatic rings. The van der Waals surface area contributed by atoms with E-state index in [1.54, 1.807) is 6.92 Å². The van der Waals surface area contributed by atoms with E-state index >= 15 is 0 Å². The monoisotopic (exact) mass is 274 g/mol. The Morgan fingerprint density at radius 3 is 2.89 bits per heavy atom. The Bertz CT molecular complexity index is 608. The zero-order valence-corrected chi connectivity index (χ0v) is 9.73. The minimum atomic E-state index is -4.49. The summed E-state index contributed by atoms with van der Waals surface area (Å²) in [4.78, 5) is 14.9. The SMILES string of the molecule is CCOC(=O)Nc1cn2ncc(C(F)(F)F)cc2n1. The van der Waals surface area contributed by atoms with Crippen LogP contribution in [0.4, 0.5) is 23.8 Å². The van der Waals surface area contributed by atoms with E-state index in [0.717, 1.165) is 10.6 Å². The zero-order chi connectivity index (χ0) is 14.0. The number of fused-ring (bicyclic) bond motifs is 1. The molecule has 0 fully saturated rings. The maximum atomic E-state index is 12.5. The molecule has 0 spiro atoms. The fourth-order valence-electron chi connectivity index (χ4n) is 1.36. The second-order valence-corrected chi connectivity index (χ2v) is 3.52. The molecule has 6 nitrogen and oxygen atoms in total. The van der Waals surface area contributed by atoms with Gasteiger partial charge in [0.2, 0.25) is 0 Å². The summed E-state index contributed by atoms with van der Waals surface area (Å²) < 4.78 is 43.1. The van der Waals surface area contributed by atoms with E-state index in [1.807, 2.05) is 0 Å². The summed E-state index contributed by atoms with van der Waals surface area (Å²) >= 11 is 0. The predicted octanol–water partition coefficient (Wildman–Crippen LogP) is 2.32. The number of imidazole rings is 1. The molecular weight excluding hydrogens is 265 g/mol. The minimum absolute atomic E-state index is 0.0263. The van der Waals surface area contributed by atoms with Crippen molar-refractivity contribution >= 4 is 17.6 Å². The van der Waals surface area contributed by atoms with Crippen LogP contribution >= 0.6 is 0 Å². The van der Waals surface area contributed by atoms with E-state index in [0.29, 0.717) is 6.20 Å². The molecule has 0 aliphatic carbocycles. The summed E-state index contributed by atoms with van der Waals surface area (Å²) in [6.07, 6.45) is -3.26. The van der Waals surface area contributed by atoms with Gasteiger partial charge in [0.1, 0.15) is 0 Å². The Hall–Kier alpha value is -2.32. The van der Waals surface area contributed by atoms with Crippen molar-refractivity contribution in [2.75, 3.05) is 11.9 Å². The van der Waals surface area contributed by atoms with Gasteiger partial charge in [-0.2, -0.15) is 18.3 Å². The molecule has 0 aromatic carbocycles. The van der Waals surface area contributed by atoms with Gasteiger partial charge in [0.05, 0.1) is 24.6 Å². The molecule has 1 N–H and O–H groups in total. The summed E-state index contributed by atoms with van der Waals surface area (Å²) in [7, 11) is 0. The summed E-state index contributed by atoms with van der Waals surface area (Å²) in [6, 6.07) is 0.837. The van der Waals surface area contributed by atoms with Crippen LogP contribution in [0.25, 0.3) is 5.65 Å². The van der Waals surface area contributed by atoms with E-state index in [4.69, 9.17) is 0 Å². The predicted molar refractivity (Wildman–Crippen MR) is 58.6 cm³/mol. The fraction of sp³-hybridized carbons (Fsp3) is 0.300. The number of anilines is 1. The van der Waals surface area contributed by atoms with Crippen molar-refractivity contribution in [1.29, 1.82) is 0 Å². The Morgan fingerprint density at radius 2 is 2.26 bits per heavy atom. The van der Waals surface area contributed by atoms with Gasteiger partial charge in [-0.25, -0.2) is 14.3 Å². The molecule has 19 heavy (non-hydrogen) atoms. The number of amides is 1. The third-order valence-electron chi connectivity index (χ3n) is 2.15. The van der Waals surface area contributed by atoms with Gasteiger partial charge in [-0.05, 0) is 13.0 Å². The molecule has 0 unspecified atom stereocenters. The lowest BCUT2D eigenvalue weighted by molar-refractivity contribution is -0.137. The first-order chi connectivity index (χ1) is 8.90. The average Bonchev–Trinajstić information content (AvgIpc) is 2.68. The molecule has 2 aromatic heterocycles. The number of rotatable bonds is 2. The molecule has 0 saturated heterocycles. The molecule has 2 rings (SSSR count). The number of halogens is 3. The number of ether oxygens (including phenoxy) is 1. The smallest absolute Gasteiger partial charge is 0.418 e. The highest BCUT2D eigenvalue weighted by molar-refractivity contribution is 5.83. The van der Waals surface area contributed by atoms with E-state index in [2.05, 4.69) is 20.1 Å². The van der Waals surface area contributed by atoms with Crippen LogP contribution in [0, 0.1) is 0 Å². The van der Waals surface area contributed by atoms with Crippen LogP contribution in [0.15, 0.2) is 18.5 Å². The summed E-state index contributed by atoms with van der Waals surface area (Å²) in [5.74, 6) is 0.0604. The van der Waals surface area contributed by atoms with Gasteiger partial charge in [0, 0.05) is 0 Å². The van der Waals surface area contributed by atoms with Gasteiger partial charge in [0.25, 0.3) is 0 Å². The van der Waals surface area contributed by atoms with Crippen molar-refractivity contribution in [3.05, 3.63) is 24.0 Å². The number of nitrogens with zero attached hydrogens (tertiary/aromatic N) is 3. The van der Waals surface area contributed by atoms with E-state index in [-0.39, 0.29) is 18.1 Å². The van der Waals surface area contributed by atoms with Crippen LogP contribution in [0.1, 0.15) is 12.5 Å². The molecule has 0 aliphatic rings. The number of hydrogen-bond donors (Lipinski definition) is 1. The maximum absolute atomic E-state index is 12.5. The highest BCUT2D eigenvalue weighted by atomic mass is 19.4. The standard InChI is InChI=1S/C10H9F3N4O2/c1-2-19-9(18)16-7-5-17-8(15-7)3-6(4-14-17)10(11,12)13/h3-5H,2H2,1H3,(H,16,18). The highest BCUT2D eigenvalue weighted by Gasteiger charge is 2.31. The van der Waals surface area contributed by atoms with Crippen LogP contribution in [-0.2, 0) is 10.9 Å². The van der Waals surface area contributed by atoms with Crippen LogP contribution in [-0.4, -0.2) is 27.3 Å². The van der Waals surface area contributed by atoms with E-state index in [9.17, 15) is 18.0 Å². The first-order valence-electron chi connectivity index (χ1n) is 5.26. The molecule has 102 valence electrons. The Balaban J connectivity index is 2.28. The molecule has 0 aliphatic heterocycles. The molecule has 2 heterocycles. The maximum Gasteiger partial charge on any atom is 0.418 e. The van der Waals surface area contributed by atoms with Crippen LogP contribution in [0.5, 0.6) is 0 Å². The number of nitrogens with one attached hydrogen (secondary N) is 1.